The molecule has 55 heavy (non-hydrogen) atoms. The normalized spacial score (nSPS) is 47.9. The zero-order valence-corrected chi connectivity index (χ0v) is 31.6. The molecule has 18 unspecified atom stereocenters. The molecular weight excluding hydrogens is 695 g/mol. The highest BCUT2D eigenvalue weighted by Gasteiger charge is 2.59. The van der Waals surface area contributed by atoms with Gasteiger partial charge in [0, 0.05) is 30.4 Å². The van der Waals surface area contributed by atoms with Crippen LogP contribution in [0.2, 0.25) is 0 Å². The number of cyclic esters (lactones) is 1. The Balaban J connectivity index is 0.771. The maximum absolute atomic E-state index is 13.3. The van der Waals surface area contributed by atoms with Crippen molar-refractivity contribution in [2.45, 2.75) is 125 Å². The zero-order chi connectivity index (χ0) is 36.5. The number of alkyl carbamates (subject to hydrolysis) is 1. The minimum atomic E-state index is -0.622. The van der Waals surface area contributed by atoms with E-state index < -0.39 is 5.97 Å². The van der Waals surface area contributed by atoms with Crippen LogP contribution in [0.3, 0.4) is 0 Å². The van der Waals surface area contributed by atoms with Crippen molar-refractivity contribution >= 4 is 12.1 Å². The summed E-state index contributed by atoms with van der Waals surface area (Å²) in [6.07, 6.45) is 11.2. The van der Waals surface area contributed by atoms with Gasteiger partial charge in [0.1, 0.15) is 6.10 Å². The molecule has 12 rings (SSSR count). The van der Waals surface area contributed by atoms with Crippen LogP contribution in [0.15, 0.2) is 48.5 Å². The number of carbonyl (C=O) groups is 2. The lowest BCUT2D eigenvalue weighted by molar-refractivity contribution is -0.257. The number of fused-ring (bicyclic) bond motifs is 11. The van der Waals surface area contributed by atoms with Gasteiger partial charge in [0.15, 0.2) is 0 Å². The summed E-state index contributed by atoms with van der Waals surface area (Å²) in [4.78, 5) is 26.6. The highest BCUT2D eigenvalue weighted by molar-refractivity contribution is 5.80. The smallest absolute Gasteiger partial charge is 0.407 e. The van der Waals surface area contributed by atoms with Gasteiger partial charge in [-0.25, -0.2) is 4.79 Å². The Morgan fingerprint density at radius 3 is 1.98 bits per heavy atom. The number of hydrogen-bond acceptors (Lipinski definition) is 7. The van der Waals surface area contributed by atoms with E-state index in [0.29, 0.717) is 35.5 Å². The fourth-order valence-electron chi connectivity index (χ4n) is 14.9. The van der Waals surface area contributed by atoms with Gasteiger partial charge in [0.25, 0.3) is 0 Å². The third kappa shape index (κ3) is 5.45. The maximum Gasteiger partial charge on any atom is 0.407 e. The second-order valence-electron chi connectivity index (χ2n) is 19.5. The lowest BCUT2D eigenvalue weighted by atomic mass is 9.53. The first kappa shape index (κ1) is 34.1. The Morgan fingerprint density at radius 2 is 1.20 bits per heavy atom. The van der Waals surface area contributed by atoms with Crippen molar-refractivity contribution in [1.29, 1.82) is 0 Å². The maximum atomic E-state index is 13.3. The number of benzene rings is 2. The summed E-state index contributed by atoms with van der Waals surface area (Å²) >= 11 is 0. The van der Waals surface area contributed by atoms with Crippen molar-refractivity contribution in [2.75, 3.05) is 13.2 Å². The van der Waals surface area contributed by atoms with E-state index >= 15 is 0 Å². The molecule has 0 radical (unpaired) electrons. The molecule has 0 bridgehead atoms. The van der Waals surface area contributed by atoms with Crippen molar-refractivity contribution in [3.8, 4) is 11.1 Å². The third-order valence-corrected chi connectivity index (χ3v) is 17.1. The van der Waals surface area contributed by atoms with E-state index in [1.54, 1.807) is 0 Å². The molecule has 5 aliphatic carbocycles. The molecule has 5 heterocycles. The number of carboxylic acids is 1. The van der Waals surface area contributed by atoms with Crippen LogP contribution < -0.4 is 5.32 Å². The molecule has 2 aromatic carbocycles. The van der Waals surface area contributed by atoms with Crippen LogP contribution >= 0.6 is 0 Å². The summed E-state index contributed by atoms with van der Waals surface area (Å²) in [7, 11) is 0. The quantitative estimate of drug-likeness (QED) is 0.332. The summed E-state index contributed by atoms with van der Waals surface area (Å²) < 4.78 is 32.8. The number of amides is 1. The van der Waals surface area contributed by atoms with Gasteiger partial charge >= 0.3 is 12.1 Å². The number of aliphatic carboxylic acids is 1. The van der Waals surface area contributed by atoms with Crippen LogP contribution in [0, 0.1) is 59.2 Å². The van der Waals surface area contributed by atoms with Gasteiger partial charge in [-0.3, -0.25) is 4.79 Å². The molecule has 9 heteroatoms. The number of rotatable bonds is 2. The molecule has 18 atom stereocenters. The molecule has 2 aromatic rings. The summed E-state index contributed by atoms with van der Waals surface area (Å²) in [6.45, 7) is 1.55. The number of ether oxygens (including phenoxy) is 5. The van der Waals surface area contributed by atoms with Crippen LogP contribution in [0.5, 0.6) is 0 Å². The largest absolute Gasteiger partial charge is 0.481 e. The molecule has 0 spiro atoms. The van der Waals surface area contributed by atoms with Crippen molar-refractivity contribution in [1.82, 2.24) is 5.32 Å². The Hall–Kier alpha value is -2.98. The third-order valence-electron chi connectivity index (χ3n) is 17.1. The monoisotopic (exact) mass is 749 g/mol. The van der Waals surface area contributed by atoms with Crippen LogP contribution in [-0.4, -0.2) is 79.2 Å². The molecule has 9 fully saturated rings. The summed E-state index contributed by atoms with van der Waals surface area (Å²) in [5, 5.41) is 14.2. The molecule has 1 amide bonds. The van der Waals surface area contributed by atoms with E-state index in [9.17, 15) is 14.7 Å². The lowest BCUT2D eigenvalue weighted by Gasteiger charge is -2.59. The van der Waals surface area contributed by atoms with Crippen LogP contribution in [0.1, 0.15) is 87.7 Å². The van der Waals surface area contributed by atoms with E-state index in [4.69, 9.17) is 23.7 Å². The van der Waals surface area contributed by atoms with Gasteiger partial charge in [0.05, 0.1) is 49.1 Å². The van der Waals surface area contributed by atoms with Gasteiger partial charge in [-0.1, -0.05) is 48.5 Å². The predicted molar refractivity (Wildman–Crippen MR) is 201 cm³/mol. The van der Waals surface area contributed by atoms with Crippen molar-refractivity contribution in [3.05, 3.63) is 59.7 Å². The van der Waals surface area contributed by atoms with Crippen LogP contribution in [-0.2, 0) is 28.5 Å². The van der Waals surface area contributed by atoms with Crippen molar-refractivity contribution in [2.24, 2.45) is 59.2 Å². The van der Waals surface area contributed by atoms with Crippen LogP contribution in [0.4, 0.5) is 4.79 Å². The lowest BCUT2D eigenvalue weighted by Crippen LogP contribution is -2.61. The minimum Gasteiger partial charge on any atom is -0.481 e. The number of hydrogen-bond donors (Lipinski definition) is 2. The highest BCUT2D eigenvalue weighted by Crippen LogP contribution is 2.59. The summed E-state index contributed by atoms with van der Waals surface area (Å²) in [5.41, 5.74) is 5.04. The molecule has 292 valence electrons. The van der Waals surface area contributed by atoms with E-state index in [1.807, 2.05) is 0 Å². The van der Waals surface area contributed by atoms with Gasteiger partial charge in [-0.2, -0.15) is 0 Å². The molecule has 4 saturated carbocycles. The predicted octanol–water partition coefficient (Wildman–Crippen LogP) is 7.20. The number of carboxylic acid groups (broad SMARTS) is 1. The Labute approximate surface area is 323 Å². The molecule has 0 aromatic heterocycles. The first-order chi connectivity index (χ1) is 26.9. The van der Waals surface area contributed by atoms with E-state index in [0.717, 1.165) is 83.8 Å². The summed E-state index contributed by atoms with van der Waals surface area (Å²) in [6, 6.07) is 17.4. The molecule has 9 nitrogen and oxygen atoms in total. The SMILES string of the molecule is O=C1NC2CC3CC4OC5CC6CC7OC8CC9COCCC9OC8CC7CC6C(C(=O)O)C5CC4CC3CC2C(C2c3ccccc3-c3ccccc32)O1. The van der Waals surface area contributed by atoms with E-state index in [2.05, 4.69) is 53.8 Å². The molecule has 5 aliphatic heterocycles. The number of nitrogens with one attached hydrogen (secondary N) is 1. The minimum absolute atomic E-state index is 0.00259. The first-order valence-corrected chi connectivity index (χ1v) is 21.9. The van der Waals surface area contributed by atoms with Gasteiger partial charge in [-0.15, -0.1) is 0 Å². The fourth-order valence-corrected chi connectivity index (χ4v) is 14.9. The van der Waals surface area contributed by atoms with Crippen molar-refractivity contribution in [3.63, 3.8) is 0 Å². The first-order valence-electron chi connectivity index (χ1n) is 21.9. The van der Waals surface area contributed by atoms with E-state index in [-0.39, 0.29) is 84.5 Å². The Bertz CT molecular complexity index is 1810. The van der Waals surface area contributed by atoms with Crippen LogP contribution in [0.25, 0.3) is 11.1 Å². The summed E-state index contributed by atoms with van der Waals surface area (Å²) in [5.74, 6) is 1.99. The second-order valence-corrected chi connectivity index (χ2v) is 19.5. The molecule has 10 aliphatic rings. The fraction of sp³-hybridized carbons (Fsp3) is 0.696. The molecule has 2 N–H and O–H groups in total. The zero-order valence-electron chi connectivity index (χ0n) is 31.6. The highest BCUT2D eigenvalue weighted by atomic mass is 16.6. The Morgan fingerprint density at radius 1 is 0.600 bits per heavy atom. The van der Waals surface area contributed by atoms with E-state index in [1.165, 1.54) is 22.3 Å². The number of carbonyl (C=O) groups excluding carboxylic acids is 1. The van der Waals surface area contributed by atoms with Gasteiger partial charge in [-0.05, 0) is 134 Å². The van der Waals surface area contributed by atoms with Gasteiger partial charge in [0.2, 0.25) is 0 Å². The molecular formula is C46H55NO8. The second kappa shape index (κ2) is 13.0. The molecule has 5 saturated heterocycles. The van der Waals surface area contributed by atoms with Crippen molar-refractivity contribution < 1.29 is 38.4 Å². The average Bonchev–Trinajstić information content (AvgIpc) is 3.52. The topological polar surface area (TPSA) is 113 Å². The Kier molecular flexibility index (Phi) is 8.07. The standard InChI is InChI=1S/C46H55NO8/c48-45(49)43-32-13-26-19-40-41(20-27-21-51-10-9-36(27)52-40)54-38(26)17-24(32)18-39-34(43)14-25-11-22-12-33-35(15-23(22)16-37(25)53-39)47-46(50)55-44(33)42-30-7-3-1-5-28(30)29-6-2-4-8-31(29)42/h1-8,22-27,32-44H,9-21H2,(H,47,50)(H,48,49). The van der Waals surface area contributed by atoms with Gasteiger partial charge < -0.3 is 34.1 Å². The average molecular weight is 750 g/mol.